The van der Waals surface area contributed by atoms with E-state index in [9.17, 15) is 13.2 Å². The van der Waals surface area contributed by atoms with Gasteiger partial charge in [0.15, 0.2) is 0 Å². The number of amides is 1. The lowest BCUT2D eigenvalue weighted by molar-refractivity contribution is -0.122. The Morgan fingerprint density at radius 3 is 2.19 bits per heavy atom. The summed E-state index contributed by atoms with van der Waals surface area (Å²) in [7, 11) is -3.61. The first-order chi connectivity index (χ1) is 12.7. The molecule has 2 aromatic carbocycles. The standard InChI is InChI=1S/C21H28N2O3S/c1-5-20(21(24)22-12-11-18-9-7-6-8-10-18)23(27(4,25)26)19-14-16(2)13-17(3)15-19/h6-10,13-15,20H,5,11-12H2,1-4H3,(H,22,24)/t20-/m0/s1. The highest BCUT2D eigenvalue weighted by Crippen LogP contribution is 2.25. The normalized spacial score (nSPS) is 12.4. The van der Waals surface area contributed by atoms with Gasteiger partial charge in [-0.05, 0) is 55.5 Å². The molecular weight excluding hydrogens is 360 g/mol. The van der Waals surface area contributed by atoms with Crippen LogP contribution in [0.3, 0.4) is 0 Å². The minimum absolute atomic E-state index is 0.280. The smallest absolute Gasteiger partial charge is 0.243 e. The number of carbonyl (C=O) groups is 1. The second kappa shape index (κ2) is 9.04. The van der Waals surface area contributed by atoms with Crippen molar-refractivity contribution < 1.29 is 13.2 Å². The van der Waals surface area contributed by atoms with Gasteiger partial charge in [0.25, 0.3) is 0 Å². The molecule has 0 saturated carbocycles. The first-order valence-corrected chi connectivity index (χ1v) is 11.0. The van der Waals surface area contributed by atoms with Gasteiger partial charge in [-0.1, -0.05) is 43.3 Å². The van der Waals surface area contributed by atoms with Crippen molar-refractivity contribution in [1.29, 1.82) is 0 Å². The highest BCUT2D eigenvalue weighted by molar-refractivity contribution is 7.92. The van der Waals surface area contributed by atoms with Crippen molar-refractivity contribution in [2.45, 2.75) is 39.7 Å². The number of sulfonamides is 1. The molecule has 146 valence electrons. The third-order valence-corrected chi connectivity index (χ3v) is 5.53. The van der Waals surface area contributed by atoms with Gasteiger partial charge in [0, 0.05) is 6.54 Å². The molecule has 0 heterocycles. The molecule has 0 bridgehead atoms. The summed E-state index contributed by atoms with van der Waals surface area (Å²) in [4.78, 5) is 12.8. The van der Waals surface area contributed by atoms with Crippen LogP contribution in [-0.4, -0.2) is 33.2 Å². The number of carbonyl (C=O) groups excluding carboxylic acids is 1. The van der Waals surface area contributed by atoms with Crippen LogP contribution in [0.15, 0.2) is 48.5 Å². The van der Waals surface area contributed by atoms with Gasteiger partial charge >= 0.3 is 0 Å². The van der Waals surface area contributed by atoms with Gasteiger partial charge in [0.1, 0.15) is 6.04 Å². The van der Waals surface area contributed by atoms with Crippen molar-refractivity contribution in [3.05, 3.63) is 65.2 Å². The lowest BCUT2D eigenvalue weighted by atomic mass is 10.1. The quantitative estimate of drug-likeness (QED) is 0.755. The highest BCUT2D eigenvalue weighted by Gasteiger charge is 2.31. The lowest BCUT2D eigenvalue weighted by Gasteiger charge is -2.30. The summed E-state index contributed by atoms with van der Waals surface area (Å²) in [6.45, 7) is 6.11. The summed E-state index contributed by atoms with van der Waals surface area (Å²) in [5.41, 5.74) is 3.57. The van der Waals surface area contributed by atoms with Gasteiger partial charge in [-0.15, -0.1) is 0 Å². The molecule has 1 amide bonds. The molecule has 0 radical (unpaired) electrons. The zero-order valence-electron chi connectivity index (χ0n) is 16.4. The van der Waals surface area contributed by atoms with E-state index in [1.165, 1.54) is 4.31 Å². The van der Waals surface area contributed by atoms with Crippen LogP contribution in [0.1, 0.15) is 30.0 Å². The van der Waals surface area contributed by atoms with Gasteiger partial charge in [-0.3, -0.25) is 9.10 Å². The fourth-order valence-corrected chi connectivity index (χ4v) is 4.43. The second-order valence-electron chi connectivity index (χ2n) is 6.86. The lowest BCUT2D eigenvalue weighted by Crippen LogP contribution is -2.49. The number of anilines is 1. The van der Waals surface area contributed by atoms with Crippen molar-refractivity contribution in [3.63, 3.8) is 0 Å². The molecule has 5 nitrogen and oxygen atoms in total. The molecule has 0 aromatic heterocycles. The fraction of sp³-hybridized carbons (Fsp3) is 0.381. The summed E-state index contributed by atoms with van der Waals surface area (Å²) in [5.74, 6) is -0.280. The molecule has 0 aliphatic rings. The zero-order valence-corrected chi connectivity index (χ0v) is 17.2. The summed E-state index contributed by atoms with van der Waals surface area (Å²) < 4.78 is 26.2. The van der Waals surface area contributed by atoms with Crippen LogP contribution in [0, 0.1) is 13.8 Å². The van der Waals surface area contributed by atoms with E-state index >= 15 is 0 Å². The summed E-state index contributed by atoms with van der Waals surface area (Å²) in [6, 6.07) is 14.7. The number of benzene rings is 2. The van der Waals surface area contributed by atoms with Gasteiger partial charge < -0.3 is 5.32 Å². The Kier molecular flexibility index (Phi) is 7.02. The molecule has 0 spiro atoms. The first kappa shape index (κ1) is 21.0. The maximum Gasteiger partial charge on any atom is 0.243 e. The van der Waals surface area contributed by atoms with E-state index in [1.54, 1.807) is 12.1 Å². The van der Waals surface area contributed by atoms with E-state index in [2.05, 4.69) is 5.32 Å². The Bertz CT molecular complexity index is 859. The largest absolute Gasteiger partial charge is 0.354 e. The van der Waals surface area contributed by atoms with Crippen LogP contribution in [0.5, 0.6) is 0 Å². The van der Waals surface area contributed by atoms with Crippen molar-refractivity contribution in [2.24, 2.45) is 0 Å². The third kappa shape index (κ3) is 5.82. The van der Waals surface area contributed by atoms with Crippen LogP contribution < -0.4 is 9.62 Å². The Hall–Kier alpha value is -2.34. The SMILES string of the molecule is CC[C@@H](C(=O)NCCc1ccccc1)N(c1cc(C)cc(C)c1)S(C)(=O)=O. The topological polar surface area (TPSA) is 66.5 Å². The van der Waals surface area contributed by atoms with Crippen LogP contribution >= 0.6 is 0 Å². The van der Waals surface area contributed by atoms with Gasteiger partial charge in [-0.25, -0.2) is 8.42 Å². The average molecular weight is 389 g/mol. The van der Waals surface area contributed by atoms with Gasteiger partial charge in [0.2, 0.25) is 15.9 Å². The molecule has 6 heteroatoms. The van der Waals surface area contributed by atoms with Crippen molar-refractivity contribution in [1.82, 2.24) is 5.32 Å². The third-order valence-electron chi connectivity index (χ3n) is 4.35. The Morgan fingerprint density at radius 1 is 1.07 bits per heavy atom. The van der Waals surface area contributed by atoms with Crippen LogP contribution in [0.4, 0.5) is 5.69 Å². The minimum atomic E-state index is -3.61. The number of hydrogen-bond acceptors (Lipinski definition) is 3. The number of nitrogens with zero attached hydrogens (tertiary/aromatic N) is 1. The molecule has 0 aliphatic carbocycles. The maximum absolute atomic E-state index is 12.8. The van der Waals surface area contributed by atoms with E-state index < -0.39 is 16.1 Å². The number of nitrogens with one attached hydrogen (secondary N) is 1. The zero-order chi connectivity index (χ0) is 20.0. The Labute approximate surface area is 162 Å². The second-order valence-corrected chi connectivity index (χ2v) is 8.71. The van der Waals surface area contributed by atoms with Crippen LogP contribution in [0.25, 0.3) is 0 Å². The van der Waals surface area contributed by atoms with Crippen LogP contribution in [-0.2, 0) is 21.2 Å². The summed E-state index contributed by atoms with van der Waals surface area (Å²) in [6.07, 6.45) is 2.23. The highest BCUT2D eigenvalue weighted by atomic mass is 32.2. The monoisotopic (exact) mass is 388 g/mol. The van der Waals surface area contributed by atoms with E-state index in [-0.39, 0.29) is 5.91 Å². The molecule has 27 heavy (non-hydrogen) atoms. The Morgan fingerprint density at radius 2 is 1.67 bits per heavy atom. The average Bonchev–Trinajstić information content (AvgIpc) is 2.58. The summed E-state index contributed by atoms with van der Waals surface area (Å²) in [5, 5.41) is 2.89. The molecule has 2 aromatic rings. The number of rotatable bonds is 8. The molecule has 0 unspecified atom stereocenters. The summed E-state index contributed by atoms with van der Waals surface area (Å²) >= 11 is 0. The Balaban J connectivity index is 2.20. The fourth-order valence-electron chi connectivity index (χ4n) is 3.23. The molecule has 1 N–H and O–H groups in total. The van der Waals surface area contributed by atoms with E-state index in [0.717, 1.165) is 22.9 Å². The molecule has 0 saturated heterocycles. The predicted molar refractivity (Wildman–Crippen MR) is 110 cm³/mol. The molecule has 0 fully saturated rings. The van der Waals surface area contributed by atoms with E-state index in [0.29, 0.717) is 25.1 Å². The molecule has 0 aliphatic heterocycles. The minimum Gasteiger partial charge on any atom is -0.354 e. The van der Waals surface area contributed by atoms with Gasteiger partial charge in [0.05, 0.1) is 11.9 Å². The predicted octanol–water partition coefficient (Wildman–Crippen LogP) is 3.21. The van der Waals surface area contributed by atoms with E-state index in [1.807, 2.05) is 57.2 Å². The number of aryl methyl sites for hydroxylation is 2. The van der Waals surface area contributed by atoms with Gasteiger partial charge in [-0.2, -0.15) is 0 Å². The molecule has 1 atom stereocenters. The van der Waals surface area contributed by atoms with Crippen molar-refractivity contribution >= 4 is 21.6 Å². The van der Waals surface area contributed by atoms with Crippen molar-refractivity contribution in [2.75, 3.05) is 17.1 Å². The van der Waals surface area contributed by atoms with Crippen LogP contribution in [0.2, 0.25) is 0 Å². The van der Waals surface area contributed by atoms with E-state index in [4.69, 9.17) is 0 Å². The maximum atomic E-state index is 12.8. The molecule has 2 rings (SSSR count). The molecular formula is C21H28N2O3S. The first-order valence-electron chi connectivity index (χ1n) is 9.11. The number of hydrogen-bond donors (Lipinski definition) is 1. The van der Waals surface area contributed by atoms with Crippen molar-refractivity contribution in [3.8, 4) is 0 Å².